The van der Waals surface area contributed by atoms with Crippen LogP contribution in [0.3, 0.4) is 0 Å². The highest BCUT2D eigenvalue weighted by Crippen LogP contribution is 2.15. The summed E-state index contributed by atoms with van der Waals surface area (Å²) >= 11 is 0. The summed E-state index contributed by atoms with van der Waals surface area (Å²) in [6.07, 6.45) is 7.68. The molecule has 2 rings (SSSR count). The zero-order valence-electron chi connectivity index (χ0n) is 11.4. The zero-order valence-corrected chi connectivity index (χ0v) is 11.4. The number of hydrogen-bond donors (Lipinski definition) is 1. The van der Waals surface area contributed by atoms with Gasteiger partial charge in [0.1, 0.15) is 0 Å². The Bertz CT molecular complexity index is 320. The third-order valence-electron chi connectivity index (χ3n) is 3.67. The first-order chi connectivity index (χ1) is 8.88. The molecule has 1 aliphatic rings. The maximum absolute atomic E-state index is 4.09. The highest BCUT2D eigenvalue weighted by molar-refractivity contribution is 5.09. The Hall–Kier alpha value is -0.930. The van der Waals surface area contributed by atoms with Gasteiger partial charge in [0.05, 0.1) is 0 Å². The van der Waals surface area contributed by atoms with Gasteiger partial charge < -0.3 is 5.32 Å². The van der Waals surface area contributed by atoms with E-state index in [0.717, 1.165) is 12.5 Å². The Labute approximate surface area is 111 Å². The first kappa shape index (κ1) is 13.5. The summed E-state index contributed by atoms with van der Waals surface area (Å²) in [5, 5.41) is 3.44. The Kier molecular flexibility index (Phi) is 5.62. The molecule has 1 N–H and O–H groups in total. The Balaban J connectivity index is 1.86. The monoisotopic (exact) mass is 247 g/mol. The standard InChI is InChI=1S/C15H25N3/c1-2-11-18(12-14-3-7-16-8-4-14)13-15-5-9-17-10-6-15/h3-4,7-8,15,17H,2,5-6,9-13H2,1H3. The van der Waals surface area contributed by atoms with Crippen molar-refractivity contribution in [3.8, 4) is 0 Å². The van der Waals surface area contributed by atoms with Crippen molar-refractivity contribution in [2.75, 3.05) is 26.2 Å². The van der Waals surface area contributed by atoms with E-state index in [1.54, 1.807) is 0 Å². The van der Waals surface area contributed by atoms with Crippen LogP contribution in [-0.4, -0.2) is 36.1 Å². The second-order valence-electron chi connectivity index (χ2n) is 5.28. The van der Waals surface area contributed by atoms with Crippen LogP contribution in [0.1, 0.15) is 31.7 Å². The van der Waals surface area contributed by atoms with Crippen LogP contribution in [0.4, 0.5) is 0 Å². The average molecular weight is 247 g/mol. The van der Waals surface area contributed by atoms with E-state index in [1.807, 2.05) is 12.4 Å². The fourth-order valence-electron chi connectivity index (χ4n) is 2.73. The third kappa shape index (κ3) is 4.39. The van der Waals surface area contributed by atoms with E-state index in [2.05, 4.69) is 34.3 Å². The van der Waals surface area contributed by atoms with Crippen LogP contribution in [0.25, 0.3) is 0 Å². The van der Waals surface area contributed by atoms with Crippen molar-refractivity contribution in [3.05, 3.63) is 30.1 Å². The quantitative estimate of drug-likeness (QED) is 0.836. The highest BCUT2D eigenvalue weighted by atomic mass is 15.1. The van der Waals surface area contributed by atoms with Gasteiger partial charge in [-0.25, -0.2) is 0 Å². The maximum atomic E-state index is 4.09. The van der Waals surface area contributed by atoms with Gasteiger partial charge in [0.2, 0.25) is 0 Å². The van der Waals surface area contributed by atoms with E-state index in [0.29, 0.717) is 0 Å². The SMILES string of the molecule is CCCN(Cc1ccncc1)CC1CCNCC1. The lowest BCUT2D eigenvalue weighted by Gasteiger charge is -2.30. The van der Waals surface area contributed by atoms with E-state index >= 15 is 0 Å². The van der Waals surface area contributed by atoms with Crippen LogP contribution >= 0.6 is 0 Å². The van der Waals surface area contributed by atoms with E-state index in [4.69, 9.17) is 0 Å². The molecule has 0 unspecified atom stereocenters. The molecule has 0 atom stereocenters. The van der Waals surface area contributed by atoms with Crippen molar-refractivity contribution in [3.63, 3.8) is 0 Å². The van der Waals surface area contributed by atoms with Gasteiger partial charge in [-0.1, -0.05) is 6.92 Å². The first-order valence-corrected chi connectivity index (χ1v) is 7.20. The van der Waals surface area contributed by atoms with Crippen molar-refractivity contribution in [1.82, 2.24) is 15.2 Å². The third-order valence-corrected chi connectivity index (χ3v) is 3.67. The lowest BCUT2D eigenvalue weighted by atomic mass is 9.97. The number of pyridine rings is 1. The Morgan fingerprint density at radius 1 is 1.28 bits per heavy atom. The molecule has 0 bridgehead atoms. The van der Waals surface area contributed by atoms with Gasteiger partial charge in [-0.3, -0.25) is 9.88 Å². The predicted molar refractivity (Wildman–Crippen MR) is 75.4 cm³/mol. The molecule has 1 fully saturated rings. The molecule has 0 aromatic carbocycles. The lowest BCUT2D eigenvalue weighted by Crippen LogP contribution is -2.36. The topological polar surface area (TPSA) is 28.2 Å². The van der Waals surface area contributed by atoms with Crippen LogP contribution in [0.5, 0.6) is 0 Å². The summed E-state index contributed by atoms with van der Waals surface area (Å²) in [6.45, 7) is 8.17. The number of nitrogens with one attached hydrogen (secondary N) is 1. The molecule has 3 heteroatoms. The number of rotatable bonds is 6. The van der Waals surface area contributed by atoms with Crippen molar-refractivity contribution in [2.24, 2.45) is 5.92 Å². The summed E-state index contributed by atoms with van der Waals surface area (Å²) in [6, 6.07) is 4.26. The molecule has 3 nitrogen and oxygen atoms in total. The van der Waals surface area contributed by atoms with Crippen molar-refractivity contribution < 1.29 is 0 Å². The molecule has 0 radical (unpaired) electrons. The van der Waals surface area contributed by atoms with Gasteiger partial charge in [-0.05, 0) is 62.5 Å². The molecule has 1 aromatic rings. The molecule has 1 aliphatic heterocycles. The zero-order chi connectivity index (χ0) is 12.6. The molecule has 0 aliphatic carbocycles. The predicted octanol–water partition coefficient (Wildman–Crippen LogP) is 2.29. The minimum absolute atomic E-state index is 0.875. The number of aromatic nitrogens is 1. The van der Waals surface area contributed by atoms with Gasteiger partial charge in [0.25, 0.3) is 0 Å². The Morgan fingerprint density at radius 3 is 2.67 bits per heavy atom. The fraction of sp³-hybridized carbons (Fsp3) is 0.667. The lowest BCUT2D eigenvalue weighted by molar-refractivity contribution is 0.199. The summed E-state index contributed by atoms with van der Waals surface area (Å²) in [5.74, 6) is 0.875. The largest absolute Gasteiger partial charge is 0.317 e. The normalized spacial score (nSPS) is 17.2. The molecule has 1 saturated heterocycles. The minimum atomic E-state index is 0.875. The Morgan fingerprint density at radius 2 is 2.00 bits per heavy atom. The van der Waals surface area contributed by atoms with Gasteiger partial charge in [-0.15, -0.1) is 0 Å². The number of piperidine rings is 1. The average Bonchev–Trinajstić information content (AvgIpc) is 2.41. The van der Waals surface area contributed by atoms with Gasteiger partial charge in [0.15, 0.2) is 0 Å². The molecular weight excluding hydrogens is 222 g/mol. The van der Waals surface area contributed by atoms with Gasteiger partial charge >= 0.3 is 0 Å². The van der Waals surface area contributed by atoms with Crippen LogP contribution in [-0.2, 0) is 6.54 Å². The second-order valence-corrected chi connectivity index (χ2v) is 5.28. The molecule has 0 saturated carbocycles. The fourth-order valence-corrected chi connectivity index (χ4v) is 2.73. The molecule has 0 spiro atoms. The highest BCUT2D eigenvalue weighted by Gasteiger charge is 2.16. The molecule has 1 aromatic heterocycles. The van der Waals surface area contributed by atoms with Gasteiger partial charge in [0, 0.05) is 25.5 Å². The van der Waals surface area contributed by atoms with Crippen LogP contribution in [0.2, 0.25) is 0 Å². The maximum Gasteiger partial charge on any atom is 0.0271 e. The summed E-state index contributed by atoms with van der Waals surface area (Å²) in [5.41, 5.74) is 1.38. The van der Waals surface area contributed by atoms with Crippen LogP contribution < -0.4 is 5.32 Å². The minimum Gasteiger partial charge on any atom is -0.317 e. The van der Waals surface area contributed by atoms with Crippen LogP contribution in [0, 0.1) is 5.92 Å². The summed E-state index contributed by atoms with van der Waals surface area (Å²) in [4.78, 5) is 6.69. The van der Waals surface area contributed by atoms with E-state index < -0.39 is 0 Å². The second kappa shape index (κ2) is 7.49. The number of nitrogens with zero attached hydrogens (tertiary/aromatic N) is 2. The van der Waals surface area contributed by atoms with Crippen molar-refractivity contribution in [2.45, 2.75) is 32.7 Å². The molecule has 2 heterocycles. The van der Waals surface area contributed by atoms with Crippen molar-refractivity contribution >= 4 is 0 Å². The van der Waals surface area contributed by atoms with E-state index in [-0.39, 0.29) is 0 Å². The van der Waals surface area contributed by atoms with E-state index in [9.17, 15) is 0 Å². The summed E-state index contributed by atoms with van der Waals surface area (Å²) in [7, 11) is 0. The van der Waals surface area contributed by atoms with E-state index in [1.165, 1.54) is 51.0 Å². The first-order valence-electron chi connectivity index (χ1n) is 7.20. The van der Waals surface area contributed by atoms with Crippen LogP contribution in [0.15, 0.2) is 24.5 Å². The smallest absolute Gasteiger partial charge is 0.0271 e. The molecule has 0 amide bonds. The molecular formula is C15H25N3. The number of hydrogen-bond acceptors (Lipinski definition) is 3. The molecule has 100 valence electrons. The molecule has 18 heavy (non-hydrogen) atoms. The van der Waals surface area contributed by atoms with Gasteiger partial charge in [-0.2, -0.15) is 0 Å². The van der Waals surface area contributed by atoms with Crippen molar-refractivity contribution in [1.29, 1.82) is 0 Å². The summed E-state index contributed by atoms with van der Waals surface area (Å²) < 4.78 is 0.